The van der Waals surface area contributed by atoms with Crippen LogP contribution in [-0.2, 0) is 0 Å². The van der Waals surface area contributed by atoms with Crippen LogP contribution in [0.3, 0.4) is 0 Å². The van der Waals surface area contributed by atoms with Gasteiger partial charge in [0.2, 0.25) is 0 Å². The number of carbonyl (C=O) groups excluding carboxylic acids is 1. The molecule has 6 heteroatoms. The number of rotatable bonds is 3. The number of hydrogen-bond acceptors (Lipinski definition) is 4. The van der Waals surface area contributed by atoms with Gasteiger partial charge < -0.3 is 15.8 Å². The molecule has 0 bridgehead atoms. The van der Waals surface area contributed by atoms with Gasteiger partial charge in [0.1, 0.15) is 11.4 Å². The maximum absolute atomic E-state index is 11.8. The number of benzene rings is 1. The first-order chi connectivity index (χ1) is 8.20. The van der Waals surface area contributed by atoms with Crippen molar-refractivity contribution in [3.8, 4) is 5.75 Å². The standard InChI is InChI=1S/C11H12N4O2/c1-17-8-4-2-7(3-5-8)14-11(16)10-9(12)6-13-15-10/h2-6H,12H2,1H3,(H,13,15)(H,14,16). The predicted octanol–water partition coefficient (Wildman–Crippen LogP) is 1.25. The molecule has 0 aliphatic rings. The van der Waals surface area contributed by atoms with Crippen LogP contribution in [0.5, 0.6) is 5.75 Å². The van der Waals surface area contributed by atoms with E-state index < -0.39 is 0 Å². The minimum absolute atomic E-state index is 0.251. The van der Waals surface area contributed by atoms with Crippen LogP contribution < -0.4 is 15.8 Å². The first-order valence-corrected chi connectivity index (χ1v) is 4.95. The molecule has 88 valence electrons. The summed E-state index contributed by atoms with van der Waals surface area (Å²) in [5, 5.41) is 8.91. The molecule has 0 aliphatic heterocycles. The molecule has 0 saturated carbocycles. The number of H-pyrrole nitrogens is 1. The number of anilines is 2. The van der Waals surface area contributed by atoms with Gasteiger partial charge in [-0.25, -0.2) is 0 Å². The van der Waals surface area contributed by atoms with Gasteiger partial charge in [0.05, 0.1) is 19.0 Å². The number of methoxy groups -OCH3 is 1. The van der Waals surface area contributed by atoms with Crippen molar-refractivity contribution >= 4 is 17.3 Å². The summed E-state index contributed by atoms with van der Waals surface area (Å²) in [7, 11) is 1.58. The Morgan fingerprint density at radius 2 is 2.12 bits per heavy atom. The molecule has 1 aromatic heterocycles. The fourth-order valence-electron chi connectivity index (χ4n) is 1.35. The molecule has 0 unspecified atom stereocenters. The average molecular weight is 232 g/mol. The van der Waals surface area contributed by atoms with Crippen molar-refractivity contribution in [2.75, 3.05) is 18.2 Å². The summed E-state index contributed by atoms with van der Waals surface area (Å²) in [6.07, 6.45) is 1.39. The van der Waals surface area contributed by atoms with E-state index in [4.69, 9.17) is 10.5 Å². The lowest BCUT2D eigenvalue weighted by atomic mass is 10.3. The van der Waals surface area contributed by atoms with Crippen LogP contribution in [0.1, 0.15) is 10.5 Å². The van der Waals surface area contributed by atoms with Crippen LogP contribution in [0.25, 0.3) is 0 Å². The molecule has 2 rings (SSSR count). The van der Waals surface area contributed by atoms with E-state index in [1.165, 1.54) is 6.20 Å². The second kappa shape index (κ2) is 4.56. The Labute approximate surface area is 97.8 Å². The minimum atomic E-state index is -0.329. The summed E-state index contributed by atoms with van der Waals surface area (Å²) in [5.41, 5.74) is 6.79. The average Bonchev–Trinajstić information content (AvgIpc) is 2.76. The molecule has 17 heavy (non-hydrogen) atoms. The third-order valence-electron chi connectivity index (χ3n) is 2.24. The molecule has 0 radical (unpaired) electrons. The number of nitrogen functional groups attached to an aromatic ring is 1. The lowest BCUT2D eigenvalue weighted by Crippen LogP contribution is -2.14. The molecular weight excluding hydrogens is 220 g/mol. The van der Waals surface area contributed by atoms with E-state index in [0.29, 0.717) is 11.4 Å². The number of nitrogens with two attached hydrogens (primary N) is 1. The van der Waals surface area contributed by atoms with E-state index in [-0.39, 0.29) is 11.6 Å². The molecule has 1 amide bonds. The third kappa shape index (κ3) is 2.36. The molecule has 1 heterocycles. The molecule has 6 nitrogen and oxygen atoms in total. The second-order valence-corrected chi connectivity index (χ2v) is 3.38. The highest BCUT2D eigenvalue weighted by atomic mass is 16.5. The van der Waals surface area contributed by atoms with Crippen molar-refractivity contribution in [3.63, 3.8) is 0 Å². The zero-order chi connectivity index (χ0) is 12.3. The number of nitrogens with zero attached hydrogens (tertiary/aromatic N) is 1. The van der Waals surface area contributed by atoms with Gasteiger partial charge in [0.15, 0.2) is 0 Å². The van der Waals surface area contributed by atoms with E-state index in [9.17, 15) is 4.79 Å². The Kier molecular flexibility index (Phi) is 2.95. The number of aromatic nitrogens is 2. The molecular formula is C11H12N4O2. The molecule has 0 aliphatic carbocycles. The lowest BCUT2D eigenvalue weighted by molar-refractivity contribution is 0.102. The van der Waals surface area contributed by atoms with E-state index in [1.807, 2.05) is 0 Å². The fourth-order valence-corrected chi connectivity index (χ4v) is 1.35. The fraction of sp³-hybridized carbons (Fsp3) is 0.0909. The zero-order valence-corrected chi connectivity index (χ0v) is 9.23. The minimum Gasteiger partial charge on any atom is -0.497 e. The van der Waals surface area contributed by atoms with Gasteiger partial charge in [-0.05, 0) is 24.3 Å². The van der Waals surface area contributed by atoms with E-state index in [0.717, 1.165) is 5.75 Å². The lowest BCUT2D eigenvalue weighted by Gasteiger charge is -2.05. The van der Waals surface area contributed by atoms with Crippen molar-refractivity contribution < 1.29 is 9.53 Å². The maximum atomic E-state index is 11.8. The number of ether oxygens (including phenoxy) is 1. The summed E-state index contributed by atoms with van der Waals surface area (Å²) in [6, 6.07) is 6.99. The van der Waals surface area contributed by atoms with Gasteiger partial charge in [-0.2, -0.15) is 5.10 Å². The van der Waals surface area contributed by atoms with Crippen molar-refractivity contribution in [1.82, 2.24) is 10.2 Å². The van der Waals surface area contributed by atoms with Crippen LogP contribution in [0.15, 0.2) is 30.5 Å². The van der Waals surface area contributed by atoms with E-state index in [1.54, 1.807) is 31.4 Å². The van der Waals surface area contributed by atoms with Gasteiger partial charge >= 0.3 is 0 Å². The van der Waals surface area contributed by atoms with Crippen LogP contribution >= 0.6 is 0 Å². The Hall–Kier alpha value is -2.50. The van der Waals surface area contributed by atoms with Gasteiger partial charge in [-0.3, -0.25) is 9.89 Å². The number of aromatic amines is 1. The van der Waals surface area contributed by atoms with Crippen molar-refractivity contribution in [1.29, 1.82) is 0 Å². The van der Waals surface area contributed by atoms with Crippen molar-refractivity contribution in [2.45, 2.75) is 0 Å². The van der Waals surface area contributed by atoms with Gasteiger partial charge in [0.25, 0.3) is 5.91 Å². The van der Waals surface area contributed by atoms with Crippen LogP contribution in [0.2, 0.25) is 0 Å². The Balaban J connectivity index is 2.10. The maximum Gasteiger partial charge on any atom is 0.275 e. The summed E-state index contributed by atoms with van der Waals surface area (Å²) in [6.45, 7) is 0. The summed E-state index contributed by atoms with van der Waals surface area (Å²) < 4.78 is 5.02. The number of carbonyl (C=O) groups is 1. The first-order valence-electron chi connectivity index (χ1n) is 4.95. The van der Waals surface area contributed by atoms with Gasteiger partial charge in [-0.1, -0.05) is 0 Å². The zero-order valence-electron chi connectivity index (χ0n) is 9.23. The molecule has 0 fully saturated rings. The number of nitrogens with one attached hydrogen (secondary N) is 2. The molecule has 0 spiro atoms. The Morgan fingerprint density at radius 3 is 2.65 bits per heavy atom. The molecule has 0 atom stereocenters. The van der Waals surface area contributed by atoms with Crippen LogP contribution in [0, 0.1) is 0 Å². The molecule has 4 N–H and O–H groups in total. The smallest absolute Gasteiger partial charge is 0.275 e. The Bertz CT molecular complexity index is 519. The van der Waals surface area contributed by atoms with E-state index in [2.05, 4.69) is 15.5 Å². The second-order valence-electron chi connectivity index (χ2n) is 3.38. The summed E-state index contributed by atoms with van der Waals surface area (Å²) in [4.78, 5) is 11.8. The Morgan fingerprint density at radius 1 is 1.41 bits per heavy atom. The SMILES string of the molecule is COc1ccc(NC(=O)c2[nH]ncc2N)cc1. The molecule has 2 aromatic rings. The highest BCUT2D eigenvalue weighted by Gasteiger charge is 2.11. The van der Waals surface area contributed by atoms with E-state index >= 15 is 0 Å². The molecule has 1 aromatic carbocycles. The van der Waals surface area contributed by atoms with Gasteiger partial charge in [0, 0.05) is 5.69 Å². The van der Waals surface area contributed by atoms with Gasteiger partial charge in [-0.15, -0.1) is 0 Å². The quantitative estimate of drug-likeness (QED) is 0.742. The monoisotopic (exact) mass is 232 g/mol. The van der Waals surface area contributed by atoms with Crippen LogP contribution in [-0.4, -0.2) is 23.2 Å². The predicted molar refractivity (Wildman–Crippen MR) is 63.9 cm³/mol. The summed E-state index contributed by atoms with van der Waals surface area (Å²) >= 11 is 0. The topological polar surface area (TPSA) is 93.0 Å². The normalized spacial score (nSPS) is 9.94. The van der Waals surface area contributed by atoms with Crippen molar-refractivity contribution in [2.24, 2.45) is 0 Å². The number of amides is 1. The van der Waals surface area contributed by atoms with Crippen LogP contribution in [0.4, 0.5) is 11.4 Å². The highest BCUT2D eigenvalue weighted by molar-refractivity contribution is 6.06. The summed E-state index contributed by atoms with van der Waals surface area (Å²) in [5.74, 6) is 0.397. The third-order valence-corrected chi connectivity index (χ3v) is 2.24. The van der Waals surface area contributed by atoms with Crippen molar-refractivity contribution in [3.05, 3.63) is 36.2 Å². The largest absolute Gasteiger partial charge is 0.497 e. The first kappa shape index (κ1) is 11.0. The number of hydrogen-bond donors (Lipinski definition) is 3. The highest BCUT2D eigenvalue weighted by Crippen LogP contribution is 2.16. The molecule has 0 saturated heterocycles.